The Morgan fingerprint density at radius 1 is 1.17 bits per heavy atom. The molecule has 0 saturated carbocycles. The minimum Gasteiger partial charge on any atom is -0.479 e. The van der Waals surface area contributed by atoms with Crippen LogP contribution >= 0.6 is 0 Å². The van der Waals surface area contributed by atoms with Gasteiger partial charge in [-0.2, -0.15) is 0 Å². The van der Waals surface area contributed by atoms with Gasteiger partial charge in [0, 0.05) is 19.5 Å². The molecule has 0 aromatic heterocycles. The van der Waals surface area contributed by atoms with Crippen molar-refractivity contribution < 1.29 is 29.0 Å². The molecule has 0 radical (unpaired) electrons. The van der Waals surface area contributed by atoms with Crippen LogP contribution in [0.5, 0.6) is 0 Å². The molecule has 1 fully saturated rings. The standard InChI is InChI=1S/C16H16N2O6/c19-13(17-7-8-24-12(9-17)16(22)23)5-6-18-14(20)10-3-1-2-4-11(10)15(18)21/h1-4,12H,5-9H2,(H,22,23). The second kappa shape index (κ2) is 6.40. The summed E-state index contributed by atoms with van der Waals surface area (Å²) in [4.78, 5) is 50.1. The van der Waals surface area contributed by atoms with Gasteiger partial charge in [0.05, 0.1) is 24.3 Å². The molecule has 1 saturated heterocycles. The van der Waals surface area contributed by atoms with Crippen LogP contribution < -0.4 is 0 Å². The fourth-order valence-corrected chi connectivity index (χ4v) is 2.83. The summed E-state index contributed by atoms with van der Waals surface area (Å²) in [5.41, 5.74) is 0.680. The third kappa shape index (κ3) is 2.88. The number of carbonyl (C=O) groups is 4. The molecule has 1 unspecified atom stereocenters. The highest BCUT2D eigenvalue weighted by molar-refractivity contribution is 6.21. The molecule has 8 heteroatoms. The molecule has 2 aliphatic rings. The van der Waals surface area contributed by atoms with Crippen LogP contribution in [0, 0.1) is 0 Å². The van der Waals surface area contributed by atoms with Crippen molar-refractivity contribution >= 4 is 23.7 Å². The lowest BCUT2D eigenvalue weighted by atomic mass is 10.1. The van der Waals surface area contributed by atoms with Crippen LogP contribution in [0.15, 0.2) is 24.3 Å². The first kappa shape index (κ1) is 16.1. The van der Waals surface area contributed by atoms with Crippen molar-refractivity contribution in [1.29, 1.82) is 0 Å². The lowest BCUT2D eigenvalue weighted by molar-refractivity contribution is -0.159. The number of carboxylic acids is 1. The molecule has 1 aromatic carbocycles. The number of benzene rings is 1. The maximum atomic E-state index is 12.2. The number of rotatable bonds is 4. The maximum absolute atomic E-state index is 12.2. The van der Waals surface area contributed by atoms with Gasteiger partial charge in [0.1, 0.15) is 0 Å². The number of nitrogens with zero attached hydrogens (tertiary/aromatic N) is 2. The molecule has 24 heavy (non-hydrogen) atoms. The van der Waals surface area contributed by atoms with E-state index in [4.69, 9.17) is 9.84 Å². The Labute approximate surface area is 137 Å². The molecule has 1 aromatic rings. The highest BCUT2D eigenvalue weighted by Gasteiger charge is 2.36. The number of hydrogen-bond donors (Lipinski definition) is 1. The average Bonchev–Trinajstić information content (AvgIpc) is 2.84. The van der Waals surface area contributed by atoms with Gasteiger partial charge in [0.25, 0.3) is 11.8 Å². The highest BCUT2D eigenvalue weighted by atomic mass is 16.5. The number of imide groups is 1. The second-order valence-electron chi connectivity index (χ2n) is 5.59. The molecular formula is C16H16N2O6. The number of morpholine rings is 1. The van der Waals surface area contributed by atoms with Crippen LogP contribution in [-0.2, 0) is 14.3 Å². The Hall–Kier alpha value is -2.74. The summed E-state index contributed by atoms with van der Waals surface area (Å²) in [6.45, 7) is 0.386. The normalized spacial score (nSPS) is 20.2. The van der Waals surface area contributed by atoms with Gasteiger partial charge in [-0.25, -0.2) is 4.79 Å². The fraction of sp³-hybridized carbons (Fsp3) is 0.375. The molecular weight excluding hydrogens is 316 g/mol. The van der Waals surface area contributed by atoms with Gasteiger partial charge in [0.2, 0.25) is 5.91 Å². The predicted octanol–water partition coefficient (Wildman–Crippen LogP) is -0.0153. The van der Waals surface area contributed by atoms with Crippen LogP contribution in [0.25, 0.3) is 0 Å². The van der Waals surface area contributed by atoms with Crippen molar-refractivity contribution in [2.45, 2.75) is 12.5 Å². The van der Waals surface area contributed by atoms with Crippen molar-refractivity contribution in [3.05, 3.63) is 35.4 Å². The van der Waals surface area contributed by atoms with Crippen molar-refractivity contribution in [3.63, 3.8) is 0 Å². The van der Waals surface area contributed by atoms with Gasteiger partial charge < -0.3 is 14.7 Å². The fourth-order valence-electron chi connectivity index (χ4n) is 2.83. The molecule has 0 bridgehead atoms. The molecule has 1 atom stereocenters. The Morgan fingerprint density at radius 2 is 1.79 bits per heavy atom. The third-order valence-electron chi connectivity index (χ3n) is 4.12. The second-order valence-corrected chi connectivity index (χ2v) is 5.59. The van der Waals surface area contributed by atoms with Crippen molar-refractivity contribution in [1.82, 2.24) is 9.80 Å². The summed E-state index contributed by atoms with van der Waals surface area (Å²) >= 11 is 0. The topological polar surface area (TPSA) is 104 Å². The van der Waals surface area contributed by atoms with E-state index in [0.717, 1.165) is 4.90 Å². The summed E-state index contributed by atoms with van der Waals surface area (Å²) in [6, 6.07) is 6.52. The lowest BCUT2D eigenvalue weighted by Crippen LogP contribution is -2.49. The van der Waals surface area contributed by atoms with E-state index in [1.165, 1.54) is 4.90 Å². The molecule has 0 aliphatic carbocycles. The quantitative estimate of drug-likeness (QED) is 0.778. The zero-order chi connectivity index (χ0) is 17.3. The summed E-state index contributed by atoms with van der Waals surface area (Å²) in [5.74, 6) is -2.24. The highest BCUT2D eigenvalue weighted by Crippen LogP contribution is 2.22. The van der Waals surface area contributed by atoms with Crippen molar-refractivity contribution in [2.75, 3.05) is 26.2 Å². The molecule has 2 heterocycles. The monoisotopic (exact) mass is 332 g/mol. The molecule has 126 valence electrons. The van der Waals surface area contributed by atoms with Gasteiger partial charge in [-0.1, -0.05) is 12.1 Å². The van der Waals surface area contributed by atoms with Gasteiger partial charge in [-0.3, -0.25) is 19.3 Å². The first-order chi connectivity index (χ1) is 11.5. The summed E-state index contributed by atoms with van der Waals surface area (Å²) in [6.07, 6.45) is -1.08. The van der Waals surface area contributed by atoms with Crippen LogP contribution in [0.4, 0.5) is 0 Å². The maximum Gasteiger partial charge on any atom is 0.334 e. The zero-order valence-corrected chi connectivity index (χ0v) is 12.8. The summed E-state index contributed by atoms with van der Waals surface area (Å²) < 4.78 is 5.06. The number of ether oxygens (including phenoxy) is 1. The van der Waals surface area contributed by atoms with E-state index in [2.05, 4.69) is 0 Å². The van der Waals surface area contributed by atoms with E-state index < -0.39 is 23.9 Å². The minimum atomic E-state index is -1.12. The lowest BCUT2D eigenvalue weighted by Gasteiger charge is -2.31. The third-order valence-corrected chi connectivity index (χ3v) is 4.12. The van der Waals surface area contributed by atoms with Gasteiger partial charge >= 0.3 is 5.97 Å². The molecule has 2 aliphatic heterocycles. The number of hydrogen-bond acceptors (Lipinski definition) is 5. The first-order valence-corrected chi connectivity index (χ1v) is 7.56. The Morgan fingerprint density at radius 3 is 2.38 bits per heavy atom. The van der Waals surface area contributed by atoms with Crippen LogP contribution in [0.1, 0.15) is 27.1 Å². The van der Waals surface area contributed by atoms with E-state index in [1.54, 1.807) is 24.3 Å². The van der Waals surface area contributed by atoms with Gasteiger partial charge in [0.15, 0.2) is 6.10 Å². The number of aliphatic carboxylic acids is 1. The van der Waals surface area contributed by atoms with Crippen LogP contribution in [0.2, 0.25) is 0 Å². The predicted molar refractivity (Wildman–Crippen MR) is 80.4 cm³/mol. The number of fused-ring (bicyclic) bond motifs is 1. The SMILES string of the molecule is O=C(O)C1CN(C(=O)CCN2C(=O)c3ccccc3C2=O)CCO1. The smallest absolute Gasteiger partial charge is 0.334 e. The number of carboxylic acid groups (broad SMARTS) is 1. The first-order valence-electron chi connectivity index (χ1n) is 7.56. The van der Waals surface area contributed by atoms with E-state index in [1.807, 2.05) is 0 Å². The van der Waals surface area contributed by atoms with Crippen LogP contribution in [-0.4, -0.2) is 70.9 Å². The summed E-state index contributed by atoms with van der Waals surface area (Å²) in [7, 11) is 0. The van der Waals surface area contributed by atoms with E-state index >= 15 is 0 Å². The number of amides is 3. The molecule has 0 spiro atoms. The Bertz CT molecular complexity index is 681. The van der Waals surface area contributed by atoms with Gasteiger partial charge in [-0.05, 0) is 12.1 Å². The van der Waals surface area contributed by atoms with Crippen molar-refractivity contribution in [2.24, 2.45) is 0 Å². The molecule has 8 nitrogen and oxygen atoms in total. The molecule has 3 amide bonds. The Kier molecular flexibility index (Phi) is 4.30. The summed E-state index contributed by atoms with van der Waals surface area (Å²) in [5, 5.41) is 8.95. The van der Waals surface area contributed by atoms with E-state index in [-0.39, 0.29) is 32.0 Å². The Balaban J connectivity index is 1.60. The molecule has 1 N–H and O–H groups in total. The average molecular weight is 332 g/mol. The van der Waals surface area contributed by atoms with E-state index in [9.17, 15) is 19.2 Å². The number of carbonyl (C=O) groups excluding carboxylic acids is 3. The van der Waals surface area contributed by atoms with E-state index in [0.29, 0.717) is 17.7 Å². The molecule has 3 rings (SSSR count). The minimum absolute atomic E-state index is 0.0275. The van der Waals surface area contributed by atoms with Gasteiger partial charge in [-0.15, -0.1) is 0 Å². The largest absolute Gasteiger partial charge is 0.479 e. The van der Waals surface area contributed by atoms with Crippen molar-refractivity contribution in [3.8, 4) is 0 Å². The van der Waals surface area contributed by atoms with Crippen LogP contribution in [0.3, 0.4) is 0 Å². The zero-order valence-electron chi connectivity index (χ0n) is 12.8.